The van der Waals surface area contributed by atoms with E-state index in [0.717, 1.165) is 26.0 Å². The van der Waals surface area contributed by atoms with E-state index in [1.807, 2.05) is 6.08 Å². The van der Waals surface area contributed by atoms with Gasteiger partial charge in [-0.2, -0.15) is 0 Å². The summed E-state index contributed by atoms with van der Waals surface area (Å²) in [6, 6.07) is 0. The number of hydrogen-bond acceptors (Lipinski definition) is 2. The van der Waals surface area contributed by atoms with Gasteiger partial charge in [0.15, 0.2) is 0 Å². The fourth-order valence-corrected chi connectivity index (χ4v) is 2.74. The highest BCUT2D eigenvalue weighted by molar-refractivity contribution is 5.45. The molecule has 0 aromatic rings. The average molecular weight is 224 g/mol. The fourth-order valence-electron chi connectivity index (χ4n) is 2.74. The molecule has 0 aromatic heterocycles. The molecule has 1 amide bonds. The second kappa shape index (κ2) is 6.69. The maximum absolute atomic E-state index is 10.3. The zero-order valence-electron chi connectivity index (χ0n) is 10.3. The lowest BCUT2D eigenvalue weighted by Gasteiger charge is -2.38. The Kier molecular flexibility index (Phi) is 5.53. The number of rotatable bonds is 7. The molecule has 1 rings (SSSR count). The molecule has 3 heteroatoms. The monoisotopic (exact) mass is 224 g/mol. The van der Waals surface area contributed by atoms with Gasteiger partial charge in [0.2, 0.25) is 6.41 Å². The highest BCUT2D eigenvalue weighted by Gasteiger charge is 2.31. The predicted octanol–water partition coefficient (Wildman–Crippen LogP) is 1.70. The Morgan fingerprint density at radius 2 is 2.38 bits per heavy atom. The van der Waals surface area contributed by atoms with Crippen molar-refractivity contribution < 1.29 is 4.79 Å². The van der Waals surface area contributed by atoms with E-state index in [2.05, 4.69) is 24.1 Å². The van der Waals surface area contributed by atoms with Gasteiger partial charge in [0.25, 0.3) is 0 Å². The molecular formula is C13H24N2O. The van der Waals surface area contributed by atoms with Gasteiger partial charge in [-0.05, 0) is 30.6 Å². The van der Waals surface area contributed by atoms with E-state index in [1.165, 1.54) is 25.7 Å². The van der Waals surface area contributed by atoms with Gasteiger partial charge >= 0.3 is 0 Å². The minimum Gasteiger partial charge on any atom is -0.358 e. The molecule has 1 aliphatic carbocycles. The molecule has 2 atom stereocenters. The van der Waals surface area contributed by atoms with Crippen molar-refractivity contribution in [2.24, 2.45) is 11.3 Å². The van der Waals surface area contributed by atoms with Crippen LogP contribution in [0.3, 0.4) is 0 Å². The molecule has 1 aliphatic rings. The molecule has 1 fully saturated rings. The second-order valence-electron chi connectivity index (χ2n) is 5.22. The van der Waals surface area contributed by atoms with Gasteiger partial charge in [0, 0.05) is 19.6 Å². The summed E-state index contributed by atoms with van der Waals surface area (Å²) in [5.41, 5.74) is 0.385. The molecule has 16 heavy (non-hydrogen) atoms. The molecule has 3 nitrogen and oxygen atoms in total. The van der Waals surface area contributed by atoms with E-state index in [9.17, 15) is 4.79 Å². The molecule has 0 bridgehead atoms. The van der Waals surface area contributed by atoms with E-state index >= 15 is 0 Å². The Bertz CT molecular complexity index is 230. The summed E-state index contributed by atoms with van der Waals surface area (Å²) in [7, 11) is 0. The first-order valence-electron chi connectivity index (χ1n) is 6.19. The summed E-state index contributed by atoms with van der Waals surface area (Å²) in [6.07, 6.45) is 7.72. The van der Waals surface area contributed by atoms with Crippen LogP contribution in [0.4, 0.5) is 0 Å². The molecule has 0 saturated heterocycles. The Hall–Kier alpha value is -0.830. The maximum Gasteiger partial charge on any atom is 0.207 e. The minimum absolute atomic E-state index is 0.385. The molecule has 0 radical (unpaired) electrons. The molecule has 0 unspecified atom stereocenters. The molecule has 0 aromatic carbocycles. The first-order chi connectivity index (χ1) is 7.70. The molecule has 92 valence electrons. The summed E-state index contributed by atoms with van der Waals surface area (Å²) >= 11 is 0. The van der Waals surface area contributed by atoms with E-state index in [4.69, 9.17) is 0 Å². The third-order valence-corrected chi connectivity index (χ3v) is 3.50. The molecule has 2 N–H and O–H groups in total. The first-order valence-corrected chi connectivity index (χ1v) is 6.19. The smallest absolute Gasteiger partial charge is 0.207 e. The predicted molar refractivity (Wildman–Crippen MR) is 67.2 cm³/mol. The Morgan fingerprint density at radius 1 is 1.56 bits per heavy atom. The summed E-state index contributed by atoms with van der Waals surface area (Å²) in [6.45, 7) is 8.82. The van der Waals surface area contributed by atoms with Crippen LogP contribution in [0.5, 0.6) is 0 Å². The van der Waals surface area contributed by atoms with Gasteiger partial charge in [-0.25, -0.2) is 0 Å². The van der Waals surface area contributed by atoms with Crippen LogP contribution in [0.15, 0.2) is 12.7 Å². The number of carbonyl (C=O) groups excluding carboxylic acids is 1. The first kappa shape index (κ1) is 13.2. The van der Waals surface area contributed by atoms with E-state index in [-0.39, 0.29) is 0 Å². The molecular weight excluding hydrogens is 200 g/mol. The van der Waals surface area contributed by atoms with Gasteiger partial charge in [0.05, 0.1) is 0 Å². The number of hydrogen-bond donors (Lipinski definition) is 2. The van der Waals surface area contributed by atoms with Crippen LogP contribution < -0.4 is 10.6 Å². The van der Waals surface area contributed by atoms with Crippen molar-refractivity contribution in [1.29, 1.82) is 0 Å². The molecule has 0 aliphatic heterocycles. The van der Waals surface area contributed by atoms with Crippen LogP contribution in [0.1, 0.15) is 32.6 Å². The lowest BCUT2D eigenvalue weighted by molar-refractivity contribution is -0.109. The average Bonchev–Trinajstić information content (AvgIpc) is 2.27. The van der Waals surface area contributed by atoms with Crippen molar-refractivity contribution in [1.82, 2.24) is 10.6 Å². The molecule has 0 heterocycles. The van der Waals surface area contributed by atoms with Crippen LogP contribution in [0, 0.1) is 11.3 Å². The van der Waals surface area contributed by atoms with Crippen molar-refractivity contribution in [3.8, 4) is 0 Å². The standard InChI is InChI=1S/C13H24N2O/c1-3-7-14-10-13(2)6-4-5-12(8-13)9-15-11-16/h3,11-12,14H,1,4-10H2,2H3,(H,15,16)/t12-,13+/m1/s1. The van der Waals surface area contributed by atoms with E-state index in [0.29, 0.717) is 11.3 Å². The highest BCUT2D eigenvalue weighted by atomic mass is 16.1. The van der Waals surface area contributed by atoms with Gasteiger partial charge < -0.3 is 10.6 Å². The summed E-state index contributed by atoms with van der Waals surface area (Å²) < 4.78 is 0. The topological polar surface area (TPSA) is 41.1 Å². The van der Waals surface area contributed by atoms with Crippen molar-refractivity contribution >= 4 is 6.41 Å². The van der Waals surface area contributed by atoms with Crippen molar-refractivity contribution in [2.45, 2.75) is 32.6 Å². The second-order valence-corrected chi connectivity index (χ2v) is 5.22. The maximum atomic E-state index is 10.3. The summed E-state index contributed by atoms with van der Waals surface area (Å²) in [5.74, 6) is 0.648. The van der Waals surface area contributed by atoms with Crippen LogP contribution in [0.25, 0.3) is 0 Å². The van der Waals surface area contributed by atoms with E-state index < -0.39 is 0 Å². The third-order valence-electron chi connectivity index (χ3n) is 3.50. The van der Waals surface area contributed by atoms with Crippen molar-refractivity contribution in [3.05, 3.63) is 12.7 Å². The van der Waals surface area contributed by atoms with Crippen molar-refractivity contribution in [3.63, 3.8) is 0 Å². The van der Waals surface area contributed by atoms with Crippen LogP contribution >= 0.6 is 0 Å². The third kappa shape index (κ3) is 4.35. The fraction of sp³-hybridized carbons (Fsp3) is 0.769. The largest absolute Gasteiger partial charge is 0.358 e. The highest BCUT2D eigenvalue weighted by Crippen LogP contribution is 2.38. The van der Waals surface area contributed by atoms with Crippen LogP contribution in [-0.2, 0) is 4.79 Å². The molecule has 0 spiro atoms. The van der Waals surface area contributed by atoms with Gasteiger partial charge in [-0.15, -0.1) is 6.58 Å². The number of carbonyl (C=O) groups is 1. The normalized spacial score (nSPS) is 29.7. The van der Waals surface area contributed by atoms with Gasteiger partial charge in [-0.3, -0.25) is 4.79 Å². The molecule has 1 saturated carbocycles. The number of nitrogens with one attached hydrogen (secondary N) is 2. The lowest BCUT2D eigenvalue weighted by Crippen LogP contribution is -2.38. The van der Waals surface area contributed by atoms with Crippen LogP contribution in [0.2, 0.25) is 0 Å². The number of amides is 1. The SMILES string of the molecule is C=CCNC[C@@]1(C)CCC[C@@H](CNC=O)C1. The summed E-state index contributed by atoms with van der Waals surface area (Å²) in [4.78, 5) is 10.3. The van der Waals surface area contributed by atoms with Crippen molar-refractivity contribution in [2.75, 3.05) is 19.6 Å². The quantitative estimate of drug-likeness (QED) is 0.393. The van der Waals surface area contributed by atoms with Gasteiger partial charge in [0.1, 0.15) is 0 Å². The minimum atomic E-state index is 0.385. The zero-order valence-corrected chi connectivity index (χ0v) is 10.3. The van der Waals surface area contributed by atoms with Crippen LogP contribution in [-0.4, -0.2) is 26.0 Å². The Labute approximate surface area is 98.7 Å². The Balaban J connectivity index is 2.34. The zero-order chi connectivity index (χ0) is 11.9. The van der Waals surface area contributed by atoms with Gasteiger partial charge in [-0.1, -0.05) is 19.4 Å². The Morgan fingerprint density at radius 3 is 3.06 bits per heavy atom. The van der Waals surface area contributed by atoms with E-state index in [1.54, 1.807) is 0 Å². The summed E-state index contributed by atoms with van der Waals surface area (Å²) in [5, 5.41) is 6.22. The lowest BCUT2D eigenvalue weighted by atomic mass is 9.71.